The molecule has 24 heavy (non-hydrogen) atoms. The summed E-state index contributed by atoms with van der Waals surface area (Å²) in [5, 5.41) is 0. The van der Waals surface area contributed by atoms with Gasteiger partial charge in [-0.2, -0.15) is 0 Å². The molecule has 0 bridgehead atoms. The molecule has 2 rings (SSSR count). The van der Waals surface area contributed by atoms with Crippen LogP contribution in [-0.4, -0.2) is 17.9 Å². The summed E-state index contributed by atoms with van der Waals surface area (Å²) in [6.07, 6.45) is -1.000. The summed E-state index contributed by atoms with van der Waals surface area (Å²) in [5.41, 5.74) is 3.79. The van der Waals surface area contributed by atoms with Crippen LogP contribution < -0.4 is 15.6 Å². The molecule has 0 aromatic heterocycles. The van der Waals surface area contributed by atoms with Crippen LogP contribution in [0.15, 0.2) is 42.5 Å². The van der Waals surface area contributed by atoms with Crippen molar-refractivity contribution >= 4 is 11.8 Å². The summed E-state index contributed by atoms with van der Waals surface area (Å²) in [4.78, 5) is 23.5. The molecule has 0 saturated heterocycles. The fraction of sp³-hybridized carbons (Fsp3) is 0.125. The molecule has 2 aromatic carbocycles. The quantitative estimate of drug-likeness (QED) is 0.841. The van der Waals surface area contributed by atoms with E-state index in [2.05, 4.69) is 5.43 Å². The summed E-state index contributed by atoms with van der Waals surface area (Å²) >= 11 is 0. The molecular weight excluding hydrogens is 325 g/mol. The lowest BCUT2D eigenvalue weighted by Crippen LogP contribution is -2.47. The SMILES string of the molecule is C[C@H](Oc1ccc(F)cc1)C(=O)NNC(=O)c1cc(F)cc(F)c1. The van der Waals surface area contributed by atoms with Crippen molar-refractivity contribution in [2.24, 2.45) is 0 Å². The van der Waals surface area contributed by atoms with Crippen molar-refractivity contribution < 1.29 is 27.5 Å². The van der Waals surface area contributed by atoms with E-state index in [1.165, 1.54) is 31.2 Å². The molecule has 0 fully saturated rings. The summed E-state index contributed by atoms with van der Waals surface area (Å²) in [5.74, 6) is -3.62. The molecule has 8 heteroatoms. The Kier molecular flexibility index (Phi) is 5.41. The minimum absolute atomic E-state index is 0.262. The van der Waals surface area contributed by atoms with Crippen molar-refractivity contribution in [1.82, 2.24) is 10.9 Å². The van der Waals surface area contributed by atoms with E-state index in [-0.39, 0.29) is 11.3 Å². The number of nitrogens with one attached hydrogen (secondary N) is 2. The fourth-order valence-corrected chi connectivity index (χ4v) is 1.75. The van der Waals surface area contributed by atoms with E-state index in [1.807, 2.05) is 5.43 Å². The lowest BCUT2D eigenvalue weighted by molar-refractivity contribution is -0.128. The molecule has 126 valence electrons. The molecule has 0 spiro atoms. The first-order valence-corrected chi connectivity index (χ1v) is 6.83. The number of benzene rings is 2. The maximum absolute atomic E-state index is 13.0. The van der Waals surface area contributed by atoms with Crippen molar-refractivity contribution in [2.75, 3.05) is 0 Å². The third-order valence-electron chi connectivity index (χ3n) is 2.92. The van der Waals surface area contributed by atoms with Gasteiger partial charge in [-0.3, -0.25) is 20.4 Å². The Labute approximate surface area is 135 Å². The molecule has 2 aromatic rings. The van der Waals surface area contributed by atoms with Crippen LogP contribution in [0.2, 0.25) is 0 Å². The zero-order chi connectivity index (χ0) is 17.7. The maximum Gasteiger partial charge on any atom is 0.279 e. The van der Waals surface area contributed by atoms with Crippen LogP contribution >= 0.6 is 0 Å². The molecule has 0 unspecified atom stereocenters. The first-order chi connectivity index (χ1) is 11.3. The maximum atomic E-state index is 13.0. The normalized spacial score (nSPS) is 11.5. The average molecular weight is 338 g/mol. The van der Waals surface area contributed by atoms with Crippen molar-refractivity contribution in [1.29, 1.82) is 0 Å². The van der Waals surface area contributed by atoms with Gasteiger partial charge in [0.05, 0.1) is 0 Å². The lowest BCUT2D eigenvalue weighted by Gasteiger charge is -2.15. The third-order valence-corrected chi connectivity index (χ3v) is 2.92. The van der Waals surface area contributed by atoms with Crippen LogP contribution in [0, 0.1) is 17.5 Å². The highest BCUT2D eigenvalue weighted by atomic mass is 19.1. The molecule has 0 aliphatic rings. The second kappa shape index (κ2) is 7.49. The van der Waals surface area contributed by atoms with E-state index >= 15 is 0 Å². The first-order valence-electron chi connectivity index (χ1n) is 6.83. The Morgan fingerprint density at radius 3 is 2.08 bits per heavy atom. The second-order valence-electron chi connectivity index (χ2n) is 4.82. The highest BCUT2D eigenvalue weighted by Gasteiger charge is 2.16. The molecule has 5 nitrogen and oxygen atoms in total. The summed E-state index contributed by atoms with van der Waals surface area (Å²) in [7, 11) is 0. The molecule has 0 aliphatic heterocycles. The number of hydrogen-bond donors (Lipinski definition) is 2. The van der Waals surface area contributed by atoms with Crippen molar-refractivity contribution in [3.05, 3.63) is 65.5 Å². The molecule has 0 saturated carbocycles. The number of amides is 2. The monoisotopic (exact) mass is 338 g/mol. The van der Waals surface area contributed by atoms with Gasteiger partial charge in [0.15, 0.2) is 6.10 Å². The number of hydrazine groups is 1. The van der Waals surface area contributed by atoms with E-state index < -0.39 is 35.4 Å². The molecule has 0 radical (unpaired) electrons. The number of rotatable bonds is 4. The standard InChI is InChI=1S/C16H13F3N2O3/c1-9(24-14-4-2-11(17)3-5-14)15(22)20-21-16(23)10-6-12(18)8-13(19)7-10/h2-9H,1H3,(H,20,22)(H,21,23)/t9-/m0/s1. The number of halogens is 3. The predicted octanol–water partition coefficient (Wildman–Crippen LogP) is 2.33. The number of hydrogen-bond acceptors (Lipinski definition) is 3. The highest BCUT2D eigenvalue weighted by Crippen LogP contribution is 2.13. The number of ether oxygens (including phenoxy) is 1. The zero-order valence-electron chi connectivity index (χ0n) is 12.5. The lowest BCUT2D eigenvalue weighted by atomic mass is 10.2. The molecule has 0 heterocycles. The molecule has 2 amide bonds. The topological polar surface area (TPSA) is 67.4 Å². The predicted molar refractivity (Wildman–Crippen MR) is 78.5 cm³/mol. The van der Waals surface area contributed by atoms with Gasteiger partial charge in [0.25, 0.3) is 11.8 Å². The summed E-state index contributed by atoms with van der Waals surface area (Å²) in [6.45, 7) is 1.41. The van der Waals surface area contributed by atoms with Gasteiger partial charge in [0.1, 0.15) is 23.2 Å². The van der Waals surface area contributed by atoms with Crippen LogP contribution in [0.25, 0.3) is 0 Å². The Morgan fingerprint density at radius 2 is 1.50 bits per heavy atom. The van der Waals surface area contributed by atoms with Gasteiger partial charge in [-0.25, -0.2) is 13.2 Å². The van der Waals surface area contributed by atoms with Crippen LogP contribution in [0.4, 0.5) is 13.2 Å². The number of carbonyl (C=O) groups excluding carboxylic acids is 2. The van der Waals surface area contributed by atoms with E-state index in [0.29, 0.717) is 6.07 Å². The minimum Gasteiger partial charge on any atom is -0.481 e. The Hall–Kier alpha value is -3.03. The van der Waals surface area contributed by atoms with Crippen molar-refractivity contribution in [3.8, 4) is 5.75 Å². The van der Waals surface area contributed by atoms with Crippen LogP contribution in [0.3, 0.4) is 0 Å². The van der Waals surface area contributed by atoms with Gasteiger partial charge in [0, 0.05) is 11.6 Å². The average Bonchev–Trinajstić information content (AvgIpc) is 2.53. The van der Waals surface area contributed by atoms with Crippen molar-refractivity contribution in [2.45, 2.75) is 13.0 Å². The van der Waals surface area contributed by atoms with Gasteiger partial charge in [-0.1, -0.05) is 0 Å². The van der Waals surface area contributed by atoms with Gasteiger partial charge < -0.3 is 4.74 Å². The first kappa shape index (κ1) is 17.3. The third kappa shape index (κ3) is 4.73. The number of carbonyl (C=O) groups is 2. The largest absolute Gasteiger partial charge is 0.481 e. The molecule has 1 atom stereocenters. The molecular formula is C16H13F3N2O3. The Morgan fingerprint density at radius 1 is 0.917 bits per heavy atom. The zero-order valence-corrected chi connectivity index (χ0v) is 12.5. The van der Waals surface area contributed by atoms with Gasteiger partial charge in [0.2, 0.25) is 0 Å². The van der Waals surface area contributed by atoms with Crippen LogP contribution in [0.1, 0.15) is 17.3 Å². The fourth-order valence-electron chi connectivity index (χ4n) is 1.75. The van der Waals surface area contributed by atoms with Crippen molar-refractivity contribution in [3.63, 3.8) is 0 Å². The summed E-state index contributed by atoms with van der Waals surface area (Å²) in [6, 6.07) is 7.28. The van der Waals surface area contributed by atoms with E-state index in [4.69, 9.17) is 4.74 Å². The Balaban J connectivity index is 1.89. The van der Waals surface area contributed by atoms with Crippen LogP contribution in [0.5, 0.6) is 5.75 Å². The highest BCUT2D eigenvalue weighted by molar-refractivity contribution is 5.95. The molecule has 2 N–H and O–H groups in total. The van der Waals surface area contributed by atoms with Crippen LogP contribution in [-0.2, 0) is 4.79 Å². The van der Waals surface area contributed by atoms with Gasteiger partial charge >= 0.3 is 0 Å². The van der Waals surface area contributed by atoms with E-state index in [9.17, 15) is 22.8 Å². The summed E-state index contributed by atoms with van der Waals surface area (Å²) < 4.78 is 44.1. The van der Waals surface area contributed by atoms with Gasteiger partial charge in [-0.15, -0.1) is 0 Å². The van der Waals surface area contributed by atoms with E-state index in [1.54, 1.807) is 0 Å². The smallest absolute Gasteiger partial charge is 0.279 e. The minimum atomic E-state index is -1.000. The second-order valence-corrected chi connectivity index (χ2v) is 4.82. The molecule has 0 aliphatic carbocycles. The van der Waals surface area contributed by atoms with E-state index in [0.717, 1.165) is 12.1 Å². The van der Waals surface area contributed by atoms with Gasteiger partial charge in [-0.05, 0) is 43.3 Å². The Bertz CT molecular complexity index is 730.